The SMILES string of the molecule is CC(C)=CCC=C(C)C1C=CC2(C=O)C3CC(=O)C(C3C)C12. The maximum Gasteiger partial charge on any atom is 0.136 e. The van der Waals surface area contributed by atoms with Gasteiger partial charge in [-0.25, -0.2) is 0 Å². The van der Waals surface area contributed by atoms with Gasteiger partial charge in [0.1, 0.15) is 12.1 Å². The third kappa shape index (κ3) is 2.00. The van der Waals surface area contributed by atoms with Crippen LogP contribution in [0.1, 0.15) is 40.5 Å². The Labute approximate surface area is 133 Å². The van der Waals surface area contributed by atoms with Crippen molar-refractivity contribution in [3.63, 3.8) is 0 Å². The van der Waals surface area contributed by atoms with E-state index >= 15 is 0 Å². The van der Waals surface area contributed by atoms with Gasteiger partial charge in [0.05, 0.1) is 5.41 Å². The van der Waals surface area contributed by atoms with E-state index in [1.807, 2.05) is 0 Å². The van der Waals surface area contributed by atoms with Gasteiger partial charge in [0.25, 0.3) is 0 Å². The number of carbonyl (C=O) groups excluding carboxylic acids is 2. The number of hydrogen-bond donors (Lipinski definition) is 0. The standard InChI is InChI=1S/C20H26O2/c1-12(2)6-5-7-13(3)15-8-9-20(11-21)16-10-17(22)18(14(16)4)19(15)20/h6-9,11,14-16,18-19H,5,10H2,1-4H3. The molecule has 0 radical (unpaired) electrons. The lowest BCUT2D eigenvalue weighted by atomic mass is 9.65. The molecule has 0 spiro atoms. The number of fused-ring (bicyclic) bond motifs is 5. The Hall–Kier alpha value is -1.44. The predicted molar refractivity (Wildman–Crippen MR) is 88.2 cm³/mol. The summed E-state index contributed by atoms with van der Waals surface area (Å²) in [4.78, 5) is 24.3. The molecule has 22 heavy (non-hydrogen) atoms. The van der Waals surface area contributed by atoms with Crippen molar-refractivity contribution in [2.75, 3.05) is 0 Å². The summed E-state index contributed by atoms with van der Waals surface area (Å²) in [7, 11) is 0. The van der Waals surface area contributed by atoms with Gasteiger partial charge in [0.2, 0.25) is 0 Å². The van der Waals surface area contributed by atoms with Crippen molar-refractivity contribution in [1.29, 1.82) is 0 Å². The number of hydrogen-bond acceptors (Lipinski definition) is 2. The van der Waals surface area contributed by atoms with Crippen LogP contribution in [0.2, 0.25) is 0 Å². The zero-order valence-corrected chi connectivity index (χ0v) is 14.0. The van der Waals surface area contributed by atoms with Gasteiger partial charge in [-0.05, 0) is 44.9 Å². The fourth-order valence-corrected chi connectivity index (χ4v) is 5.22. The Morgan fingerprint density at radius 2 is 2.05 bits per heavy atom. The summed E-state index contributed by atoms with van der Waals surface area (Å²) in [5.41, 5.74) is 2.24. The number of allylic oxidation sites excluding steroid dienone is 6. The lowest BCUT2D eigenvalue weighted by molar-refractivity contribution is -0.129. The van der Waals surface area contributed by atoms with Gasteiger partial charge in [0.15, 0.2) is 0 Å². The largest absolute Gasteiger partial charge is 0.302 e. The zero-order valence-electron chi connectivity index (χ0n) is 14.0. The summed E-state index contributed by atoms with van der Waals surface area (Å²) in [6, 6.07) is 0. The van der Waals surface area contributed by atoms with Crippen molar-refractivity contribution in [2.45, 2.75) is 40.5 Å². The van der Waals surface area contributed by atoms with Crippen LogP contribution in [0.5, 0.6) is 0 Å². The molecular formula is C20H26O2. The van der Waals surface area contributed by atoms with Crippen LogP contribution >= 0.6 is 0 Å². The Balaban J connectivity index is 1.90. The second-order valence-electron chi connectivity index (χ2n) is 7.66. The normalized spacial score (nSPS) is 42.6. The molecule has 2 bridgehead atoms. The highest BCUT2D eigenvalue weighted by molar-refractivity contribution is 5.89. The Morgan fingerprint density at radius 1 is 1.32 bits per heavy atom. The molecule has 6 unspecified atom stereocenters. The van der Waals surface area contributed by atoms with Gasteiger partial charge in [-0.15, -0.1) is 0 Å². The van der Waals surface area contributed by atoms with Gasteiger partial charge >= 0.3 is 0 Å². The first-order valence-electron chi connectivity index (χ1n) is 8.40. The Morgan fingerprint density at radius 3 is 2.68 bits per heavy atom. The molecule has 3 aliphatic carbocycles. The van der Waals surface area contributed by atoms with Crippen LogP contribution in [-0.4, -0.2) is 12.1 Å². The molecule has 0 aromatic rings. The molecule has 2 saturated carbocycles. The molecule has 118 valence electrons. The summed E-state index contributed by atoms with van der Waals surface area (Å²) in [6.07, 6.45) is 11.5. The highest BCUT2D eigenvalue weighted by Crippen LogP contribution is 2.66. The van der Waals surface area contributed by atoms with Gasteiger partial charge in [-0.2, -0.15) is 0 Å². The molecule has 0 aromatic heterocycles. The molecule has 0 aliphatic heterocycles. The van der Waals surface area contributed by atoms with Crippen LogP contribution in [0.4, 0.5) is 0 Å². The van der Waals surface area contributed by atoms with Crippen LogP contribution < -0.4 is 0 Å². The number of rotatable bonds is 4. The van der Waals surface area contributed by atoms with E-state index in [-0.39, 0.29) is 29.1 Å². The lowest BCUT2D eigenvalue weighted by Crippen LogP contribution is -2.39. The van der Waals surface area contributed by atoms with Gasteiger partial charge in [-0.3, -0.25) is 4.79 Å². The van der Waals surface area contributed by atoms with Gasteiger partial charge < -0.3 is 4.79 Å². The second kappa shape index (κ2) is 5.33. The van der Waals surface area contributed by atoms with Crippen LogP contribution in [0.25, 0.3) is 0 Å². The van der Waals surface area contributed by atoms with E-state index in [1.165, 1.54) is 11.1 Å². The lowest BCUT2D eigenvalue weighted by Gasteiger charge is -2.36. The van der Waals surface area contributed by atoms with Crippen LogP contribution in [0, 0.1) is 35.0 Å². The summed E-state index contributed by atoms with van der Waals surface area (Å²) in [5, 5.41) is 0. The first-order chi connectivity index (χ1) is 10.4. The fourth-order valence-electron chi connectivity index (χ4n) is 5.22. The molecule has 0 aromatic carbocycles. The maximum atomic E-state index is 12.3. The highest BCUT2D eigenvalue weighted by Gasteiger charge is 2.67. The molecular weight excluding hydrogens is 272 g/mol. The third-order valence-electron chi connectivity index (χ3n) is 6.28. The number of ketones is 1. The van der Waals surface area contributed by atoms with Crippen molar-refractivity contribution in [1.82, 2.24) is 0 Å². The summed E-state index contributed by atoms with van der Waals surface area (Å²) in [6.45, 7) is 8.52. The molecule has 2 fully saturated rings. The summed E-state index contributed by atoms with van der Waals surface area (Å²) >= 11 is 0. The van der Waals surface area contributed by atoms with E-state index in [0.717, 1.165) is 12.7 Å². The molecule has 6 atom stereocenters. The monoisotopic (exact) mass is 298 g/mol. The zero-order chi connectivity index (χ0) is 16.1. The van der Waals surface area contributed by atoms with Crippen molar-refractivity contribution < 1.29 is 9.59 Å². The number of aldehydes is 1. The predicted octanol–water partition coefficient (Wildman–Crippen LogP) is 4.13. The van der Waals surface area contributed by atoms with E-state index in [9.17, 15) is 9.59 Å². The van der Waals surface area contributed by atoms with Gasteiger partial charge in [0, 0.05) is 18.3 Å². The first-order valence-corrected chi connectivity index (χ1v) is 8.40. The maximum absolute atomic E-state index is 12.3. The Bertz CT molecular complexity index is 591. The van der Waals surface area contributed by atoms with E-state index in [2.05, 4.69) is 52.0 Å². The average Bonchev–Trinajstić information content (AvgIpc) is 3.04. The van der Waals surface area contributed by atoms with Crippen molar-refractivity contribution in [2.24, 2.45) is 35.0 Å². The highest BCUT2D eigenvalue weighted by atomic mass is 16.1. The van der Waals surface area contributed by atoms with Crippen molar-refractivity contribution in [3.8, 4) is 0 Å². The van der Waals surface area contributed by atoms with Crippen molar-refractivity contribution in [3.05, 3.63) is 35.5 Å². The average molecular weight is 298 g/mol. The first kappa shape index (κ1) is 15.5. The van der Waals surface area contributed by atoms with E-state index in [1.54, 1.807) is 0 Å². The smallest absolute Gasteiger partial charge is 0.136 e. The minimum atomic E-state index is -0.381. The quantitative estimate of drug-likeness (QED) is 0.577. The summed E-state index contributed by atoms with van der Waals surface area (Å²) < 4.78 is 0. The molecule has 3 rings (SSSR count). The Kier molecular flexibility index (Phi) is 3.74. The van der Waals surface area contributed by atoms with Crippen LogP contribution in [-0.2, 0) is 9.59 Å². The number of Topliss-reactive ketones (excluding diaryl/α,β-unsaturated/α-hetero) is 1. The minimum absolute atomic E-state index is 0.0713. The summed E-state index contributed by atoms with van der Waals surface area (Å²) in [5.74, 6) is 1.43. The molecule has 3 aliphatic rings. The topological polar surface area (TPSA) is 34.1 Å². The second-order valence-corrected chi connectivity index (χ2v) is 7.66. The molecule has 0 saturated heterocycles. The molecule has 2 heteroatoms. The van der Waals surface area contributed by atoms with Crippen LogP contribution in [0.3, 0.4) is 0 Å². The molecule has 0 heterocycles. The third-order valence-corrected chi connectivity index (χ3v) is 6.28. The molecule has 2 nitrogen and oxygen atoms in total. The van der Waals surface area contributed by atoms with Crippen molar-refractivity contribution >= 4 is 12.1 Å². The van der Waals surface area contributed by atoms with E-state index < -0.39 is 0 Å². The minimum Gasteiger partial charge on any atom is -0.302 e. The fraction of sp³-hybridized carbons (Fsp3) is 0.600. The molecule has 0 amide bonds. The number of carbonyl (C=O) groups is 2. The van der Waals surface area contributed by atoms with E-state index in [4.69, 9.17) is 0 Å². The van der Waals surface area contributed by atoms with E-state index in [0.29, 0.717) is 18.1 Å². The molecule has 0 N–H and O–H groups in total. The van der Waals surface area contributed by atoms with Crippen LogP contribution in [0.15, 0.2) is 35.5 Å². The van der Waals surface area contributed by atoms with Gasteiger partial charge in [-0.1, -0.05) is 42.4 Å².